The molecule has 0 spiro atoms. The van der Waals surface area contributed by atoms with Crippen molar-refractivity contribution in [3.8, 4) is 0 Å². The molecular weight excluding hydrogens is 422 g/mol. The minimum atomic E-state index is -0.916. The van der Waals surface area contributed by atoms with Gasteiger partial charge in [-0.2, -0.15) is 0 Å². The lowest BCUT2D eigenvalue weighted by molar-refractivity contribution is -0.160. The molecule has 2 aliphatic rings. The molecule has 8 nitrogen and oxygen atoms in total. The van der Waals surface area contributed by atoms with Crippen LogP contribution in [0.5, 0.6) is 0 Å². The van der Waals surface area contributed by atoms with Crippen LogP contribution >= 0.6 is 0 Å². The Morgan fingerprint density at radius 2 is 1.45 bits per heavy atom. The first-order chi connectivity index (χ1) is 15.9. The number of nitrogens with zero attached hydrogens (tertiary/aromatic N) is 3. The minimum absolute atomic E-state index is 0.0791. The summed E-state index contributed by atoms with van der Waals surface area (Å²) < 4.78 is 5.30. The van der Waals surface area contributed by atoms with Crippen molar-refractivity contribution in [1.82, 2.24) is 14.7 Å². The van der Waals surface area contributed by atoms with Crippen molar-refractivity contribution in [3.63, 3.8) is 0 Å². The van der Waals surface area contributed by atoms with Gasteiger partial charge in [0, 0.05) is 39.3 Å². The molecule has 2 heterocycles. The van der Waals surface area contributed by atoms with Gasteiger partial charge in [-0.05, 0) is 24.6 Å². The van der Waals surface area contributed by atoms with E-state index in [0.29, 0.717) is 24.2 Å². The number of esters is 1. The number of amides is 3. The highest BCUT2D eigenvalue weighted by atomic mass is 16.5. The van der Waals surface area contributed by atoms with Crippen molar-refractivity contribution in [1.29, 1.82) is 0 Å². The molecule has 2 aromatic rings. The third-order valence-electron chi connectivity index (χ3n) is 6.01. The largest absolute Gasteiger partial charge is 0.452 e. The van der Waals surface area contributed by atoms with Gasteiger partial charge in [0.25, 0.3) is 17.7 Å². The monoisotopic (exact) mass is 449 g/mol. The lowest BCUT2D eigenvalue weighted by Gasteiger charge is -2.35. The van der Waals surface area contributed by atoms with Gasteiger partial charge in [0.1, 0.15) is 0 Å². The molecule has 0 radical (unpaired) electrons. The topological polar surface area (TPSA) is 87.2 Å². The Kier molecular flexibility index (Phi) is 6.84. The SMILES string of the molecule is C[C@H](OC(=O)CCN1C(=O)c2ccccc2C1=O)C(=O)N1CCN(Cc2ccccc2)CC1. The smallest absolute Gasteiger partial charge is 0.308 e. The Balaban J connectivity index is 1.21. The average Bonchev–Trinajstić information content (AvgIpc) is 3.08. The summed E-state index contributed by atoms with van der Waals surface area (Å²) in [6.45, 7) is 4.96. The Labute approximate surface area is 192 Å². The Morgan fingerprint density at radius 1 is 0.879 bits per heavy atom. The number of ether oxygens (including phenoxy) is 1. The van der Waals surface area contributed by atoms with Crippen molar-refractivity contribution in [2.45, 2.75) is 26.0 Å². The number of fused-ring (bicyclic) bond motifs is 1. The standard InChI is InChI=1S/C25H27N3O5/c1-18(23(30)27-15-13-26(14-16-27)17-19-7-3-2-4-8-19)33-22(29)11-12-28-24(31)20-9-5-6-10-21(20)25(28)32/h2-10,18H,11-17H2,1H3/t18-/m0/s1. The first-order valence-electron chi connectivity index (χ1n) is 11.1. The van der Waals surface area contributed by atoms with Crippen LogP contribution in [-0.4, -0.2) is 77.2 Å². The zero-order valence-electron chi connectivity index (χ0n) is 18.6. The summed E-state index contributed by atoms with van der Waals surface area (Å²) in [7, 11) is 0. The predicted molar refractivity (Wildman–Crippen MR) is 120 cm³/mol. The Bertz CT molecular complexity index is 1010. The summed E-state index contributed by atoms with van der Waals surface area (Å²) >= 11 is 0. The van der Waals surface area contributed by atoms with E-state index in [9.17, 15) is 19.2 Å². The van der Waals surface area contributed by atoms with Gasteiger partial charge in [0.2, 0.25) is 0 Å². The summed E-state index contributed by atoms with van der Waals surface area (Å²) in [6.07, 6.45) is -1.08. The number of hydrogen-bond acceptors (Lipinski definition) is 6. The van der Waals surface area contributed by atoms with Crippen LogP contribution in [0.2, 0.25) is 0 Å². The molecule has 1 saturated heterocycles. The van der Waals surface area contributed by atoms with E-state index >= 15 is 0 Å². The van der Waals surface area contributed by atoms with Crippen LogP contribution in [0, 0.1) is 0 Å². The molecule has 0 saturated carbocycles. The van der Waals surface area contributed by atoms with Crippen LogP contribution in [0.25, 0.3) is 0 Å². The maximum Gasteiger partial charge on any atom is 0.308 e. The third kappa shape index (κ3) is 5.12. The van der Waals surface area contributed by atoms with Gasteiger partial charge in [-0.1, -0.05) is 42.5 Å². The quantitative estimate of drug-likeness (QED) is 0.474. The maximum atomic E-state index is 12.7. The molecule has 33 heavy (non-hydrogen) atoms. The number of carbonyl (C=O) groups is 4. The molecule has 2 aliphatic heterocycles. The summed E-state index contributed by atoms with van der Waals surface area (Å²) in [5.74, 6) is -1.68. The molecule has 8 heteroatoms. The van der Waals surface area contributed by atoms with E-state index in [4.69, 9.17) is 4.74 Å². The van der Waals surface area contributed by atoms with Gasteiger partial charge in [-0.3, -0.25) is 29.0 Å². The Hall–Kier alpha value is -3.52. The fourth-order valence-electron chi connectivity index (χ4n) is 4.18. The molecule has 172 valence electrons. The van der Waals surface area contributed by atoms with Gasteiger partial charge < -0.3 is 9.64 Å². The fraction of sp³-hybridized carbons (Fsp3) is 0.360. The van der Waals surface area contributed by atoms with Crippen LogP contribution in [0.15, 0.2) is 54.6 Å². The van der Waals surface area contributed by atoms with Gasteiger partial charge in [0.05, 0.1) is 17.5 Å². The molecule has 0 unspecified atom stereocenters. The van der Waals surface area contributed by atoms with E-state index in [0.717, 1.165) is 24.5 Å². The highest BCUT2D eigenvalue weighted by molar-refractivity contribution is 6.21. The summed E-state index contributed by atoms with van der Waals surface area (Å²) in [5.41, 5.74) is 1.91. The number of imide groups is 1. The summed E-state index contributed by atoms with van der Waals surface area (Å²) in [5, 5.41) is 0. The fourth-order valence-corrected chi connectivity index (χ4v) is 4.18. The lowest BCUT2D eigenvalue weighted by Crippen LogP contribution is -2.51. The zero-order chi connectivity index (χ0) is 23.4. The van der Waals surface area contributed by atoms with E-state index in [1.807, 2.05) is 18.2 Å². The van der Waals surface area contributed by atoms with Crippen LogP contribution in [-0.2, 0) is 20.9 Å². The highest BCUT2D eigenvalue weighted by Gasteiger charge is 2.35. The molecule has 0 aliphatic carbocycles. The second-order valence-electron chi connectivity index (χ2n) is 8.28. The van der Waals surface area contributed by atoms with Crippen LogP contribution in [0.3, 0.4) is 0 Å². The molecule has 0 N–H and O–H groups in total. The van der Waals surface area contributed by atoms with Gasteiger partial charge >= 0.3 is 5.97 Å². The second-order valence-corrected chi connectivity index (χ2v) is 8.28. The van der Waals surface area contributed by atoms with Gasteiger partial charge in [-0.25, -0.2) is 0 Å². The number of hydrogen-bond donors (Lipinski definition) is 0. The number of carbonyl (C=O) groups excluding carboxylic acids is 4. The molecular formula is C25H27N3O5. The van der Waals surface area contributed by atoms with E-state index in [-0.39, 0.29) is 18.9 Å². The number of piperazine rings is 1. The molecule has 2 aromatic carbocycles. The average molecular weight is 450 g/mol. The first-order valence-corrected chi connectivity index (χ1v) is 11.1. The van der Waals surface area contributed by atoms with Gasteiger partial charge in [-0.15, -0.1) is 0 Å². The van der Waals surface area contributed by atoms with E-state index in [2.05, 4.69) is 17.0 Å². The van der Waals surface area contributed by atoms with Crippen molar-refractivity contribution < 1.29 is 23.9 Å². The van der Waals surface area contributed by atoms with E-state index < -0.39 is 23.9 Å². The van der Waals surface area contributed by atoms with Gasteiger partial charge in [0.15, 0.2) is 6.10 Å². The summed E-state index contributed by atoms with van der Waals surface area (Å²) in [6, 6.07) is 16.7. The highest BCUT2D eigenvalue weighted by Crippen LogP contribution is 2.22. The zero-order valence-corrected chi connectivity index (χ0v) is 18.6. The third-order valence-corrected chi connectivity index (χ3v) is 6.01. The lowest BCUT2D eigenvalue weighted by atomic mass is 10.1. The van der Waals surface area contributed by atoms with Crippen molar-refractivity contribution in [3.05, 3.63) is 71.3 Å². The Morgan fingerprint density at radius 3 is 2.06 bits per heavy atom. The van der Waals surface area contributed by atoms with Crippen molar-refractivity contribution >= 4 is 23.7 Å². The summed E-state index contributed by atoms with van der Waals surface area (Å²) in [4.78, 5) is 54.8. The number of rotatable bonds is 7. The molecule has 3 amide bonds. The number of benzene rings is 2. The second kappa shape index (κ2) is 9.95. The minimum Gasteiger partial charge on any atom is -0.452 e. The normalized spacial score (nSPS) is 17.1. The maximum absolute atomic E-state index is 12.7. The van der Waals surface area contributed by atoms with Crippen LogP contribution < -0.4 is 0 Å². The predicted octanol–water partition coefficient (Wildman–Crippen LogP) is 1.95. The molecule has 0 aromatic heterocycles. The van der Waals surface area contributed by atoms with E-state index in [1.54, 1.807) is 36.1 Å². The molecule has 0 bridgehead atoms. The van der Waals surface area contributed by atoms with Crippen LogP contribution in [0.4, 0.5) is 0 Å². The van der Waals surface area contributed by atoms with E-state index in [1.165, 1.54) is 5.56 Å². The van der Waals surface area contributed by atoms with Crippen molar-refractivity contribution in [2.75, 3.05) is 32.7 Å². The van der Waals surface area contributed by atoms with Crippen LogP contribution in [0.1, 0.15) is 39.6 Å². The van der Waals surface area contributed by atoms with Crippen molar-refractivity contribution in [2.24, 2.45) is 0 Å². The first kappa shape index (κ1) is 22.7. The molecule has 1 fully saturated rings. The molecule has 1 atom stereocenters. The molecule has 4 rings (SSSR count).